The Morgan fingerprint density at radius 1 is 1.16 bits per heavy atom. The molecule has 0 amide bonds. The molecule has 0 atom stereocenters. The summed E-state index contributed by atoms with van der Waals surface area (Å²) in [6.45, 7) is 0.366. The summed E-state index contributed by atoms with van der Waals surface area (Å²) in [5.74, 6) is 0.191. The van der Waals surface area contributed by atoms with Gasteiger partial charge in [0.25, 0.3) is 0 Å². The molecule has 0 spiro atoms. The zero-order valence-corrected chi connectivity index (χ0v) is 11.0. The van der Waals surface area contributed by atoms with E-state index in [1.165, 1.54) is 12.1 Å². The summed E-state index contributed by atoms with van der Waals surface area (Å²) in [6, 6.07) is 6.71. The van der Waals surface area contributed by atoms with Gasteiger partial charge in [0.05, 0.1) is 0 Å². The Hall–Kier alpha value is -0.750. The van der Waals surface area contributed by atoms with Crippen LogP contribution in [0.5, 0.6) is 0 Å². The Labute approximate surface area is 113 Å². The van der Waals surface area contributed by atoms with Gasteiger partial charge in [0.15, 0.2) is 0 Å². The van der Waals surface area contributed by atoms with Gasteiger partial charge in [-0.1, -0.05) is 12.1 Å². The summed E-state index contributed by atoms with van der Waals surface area (Å²) in [6.07, 6.45) is 1.81. The zero-order valence-electron chi connectivity index (χ0n) is 10.2. The van der Waals surface area contributed by atoms with Gasteiger partial charge >= 0.3 is 5.51 Å². The first-order chi connectivity index (χ1) is 8.94. The Balaban J connectivity index is 1.63. The zero-order chi connectivity index (χ0) is 13.9. The maximum absolute atomic E-state index is 12.7. The van der Waals surface area contributed by atoms with Crippen molar-refractivity contribution in [2.45, 2.75) is 30.3 Å². The molecule has 1 saturated carbocycles. The molecule has 0 aliphatic heterocycles. The molecule has 1 nitrogen and oxygen atoms in total. The fourth-order valence-electron chi connectivity index (χ4n) is 2.22. The molecule has 0 heterocycles. The molecule has 0 radical (unpaired) electrons. The monoisotopic (exact) mass is 293 g/mol. The van der Waals surface area contributed by atoms with Gasteiger partial charge in [-0.15, -0.1) is 0 Å². The number of hydrogen-bond donors (Lipinski definition) is 1. The summed E-state index contributed by atoms with van der Waals surface area (Å²) in [5.41, 5.74) is -3.04. The molecular formula is C13H15F4NS. The van der Waals surface area contributed by atoms with Crippen molar-refractivity contribution in [2.75, 3.05) is 12.3 Å². The molecule has 106 valence electrons. The lowest BCUT2D eigenvalue weighted by Gasteiger charge is -2.36. The Morgan fingerprint density at radius 3 is 2.37 bits per heavy atom. The van der Waals surface area contributed by atoms with E-state index in [0.717, 1.165) is 18.4 Å². The van der Waals surface area contributed by atoms with Crippen molar-refractivity contribution in [3.8, 4) is 0 Å². The van der Waals surface area contributed by atoms with Gasteiger partial charge in [0, 0.05) is 18.3 Å². The summed E-state index contributed by atoms with van der Waals surface area (Å²) in [4.78, 5) is 0. The van der Waals surface area contributed by atoms with Crippen LogP contribution in [0.25, 0.3) is 0 Å². The topological polar surface area (TPSA) is 12.0 Å². The van der Waals surface area contributed by atoms with Gasteiger partial charge in [-0.05, 0) is 48.2 Å². The van der Waals surface area contributed by atoms with E-state index < -0.39 is 5.51 Å². The first-order valence-electron chi connectivity index (χ1n) is 6.13. The molecule has 6 heteroatoms. The average molecular weight is 293 g/mol. The number of alkyl halides is 3. The lowest BCUT2D eigenvalue weighted by molar-refractivity contribution is -0.0327. The molecule has 1 aliphatic carbocycles. The van der Waals surface area contributed by atoms with Crippen molar-refractivity contribution < 1.29 is 17.6 Å². The lowest BCUT2D eigenvalue weighted by Crippen LogP contribution is -2.41. The fourth-order valence-corrected chi connectivity index (χ4v) is 2.67. The van der Waals surface area contributed by atoms with Crippen LogP contribution < -0.4 is 5.32 Å². The highest BCUT2D eigenvalue weighted by Crippen LogP contribution is 2.37. The van der Waals surface area contributed by atoms with Crippen molar-refractivity contribution in [3.63, 3.8) is 0 Å². The smallest absolute Gasteiger partial charge is 0.313 e. The van der Waals surface area contributed by atoms with Gasteiger partial charge in [0.2, 0.25) is 0 Å². The predicted molar refractivity (Wildman–Crippen MR) is 68.7 cm³/mol. The molecular weight excluding hydrogens is 278 g/mol. The average Bonchev–Trinajstić information content (AvgIpc) is 2.27. The summed E-state index contributed by atoms with van der Waals surface area (Å²) in [5, 5.41) is 3.11. The highest BCUT2D eigenvalue weighted by Gasteiger charge is 2.31. The first kappa shape index (κ1) is 14.7. The molecule has 0 unspecified atom stereocenters. The first-order valence-corrected chi connectivity index (χ1v) is 7.12. The number of nitrogens with one attached hydrogen (secondary N) is 1. The standard InChI is InChI=1S/C13H15F4NS/c14-11-3-1-9(2-4-11)10-7-12(8-10)18-5-6-19-13(15,16)17/h1-4,10,12,18H,5-8H2. The molecule has 0 saturated heterocycles. The van der Waals surface area contributed by atoms with E-state index >= 15 is 0 Å². The largest absolute Gasteiger partial charge is 0.441 e. The van der Waals surface area contributed by atoms with Gasteiger partial charge in [0.1, 0.15) is 5.82 Å². The molecule has 1 aromatic carbocycles. The van der Waals surface area contributed by atoms with E-state index in [-0.39, 0.29) is 29.4 Å². The van der Waals surface area contributed by atoms with E-state index in [9.17, 15) is 17.6 Å². The van der Waals surface area contributed by atoms with Crippen LogP contribution in [0.2, 0.25) is 0 Å². The minimum Gasteiger partial charge on any atom is -0.313 e. The molecule has 0 aromatic heterocycles. The molecule has 19 heavy (non-hydrogen) atoms. The molecule has 1 N–H and O–H groups in total. The van der Waals surface area contributed by atoms with Crippen molar-refractivity contribution in [1.29, 1.82) is 0 Å². The number of benzene rings is 1. The third-order valence-corrected chi connectivity index (χ3v) is 4.02. The fraction of sp³-hybridized carbons (Fsp3) is 0.538. The van der Waals surface area contributed by atoms with E-state index in [0.29, 0.717) is 12.5 Å². The van der Waals surface area contributed by atoms with Gasteiger partial charge in [-0.2, -0.15) is 13.2 Å². The van der Waals surface area contributed by atoms with E-state index in [4.69, 9.17) is 0 Å². The number of hydrogen-bond acceptors (Lipinski definition) is 2. The second kappa shape index (κ2) is 6.13. The Bertz CT molecular complexity index is 398. The Kier molecular flexibility index (Phi) is 4.73. The third kappa shape index (κ3) is 4.69. The van der Waals surface area contributed by atoms with Crippen LogP contribution in [0.15, 0.2) is 24.3 Å². The van der Waals surface area contributed by atoms with Crippen molar-refractivity contribution in [3.05, 3.63) is 35.6 Å². The van der Waals surface area contributed by atoms with Gasteiger partial charge in [-0.3, -0.25) is 0 Å². The van der Waals surface area contributed by atoms with Crippen LogP contribution in [0.1, 0.15) is 24.3 Å². The molecule has 1 fully saturated rings. The predicted octanol–water partition coefficient (Wildman–Crippen LogP) is 3.91. The number of halogens is 4. The minimum atomic E-state index is -4.14. The molecule has 1 aromatic rings. The summed E-state index contributed by atoms with van der Waals surface area (Å²) < 4.78 is 48.4. The molecule has 2 rings (SSSR count). The second-order valence-electron chi connectivity index (χ2n) is 4.67. The van der Waals surface area contributed by atoms with E-state index in [1.54, 1.807) is 12.1 Å². The van der Waals surface area contributed by atoms with Crippen molar-refractivity contribution in [1.82, 2.24) is 5.32 Å². The van der Waals surface area contributed by atoms with Crippen molar-refractivity contribution in [2.24, 2.45) is 0 Å². The maximum Gasteiger partial charge on any atom is 0.441 e. The highest BCUT2D eigenvalue weighted by atomic mass is 32.2. The second-order valence-corrected chi connectivity index (χ2v) is 5.82. The SMILES string of the molecule is Fc1ccc(C2CC(NCCSC(F)(F)F)C2)cc1. The summed E-state index contributed by atoms with van der Waals surface area (Å²) >= 11 is 0.00475. The number of thioether (sulfide) groups is 1. The van der Waals surface area contributed by atoms with Crippen LogP contribution in [0.4, 0.5) is 17.6 Å². The van der Waals surface area contributed by atoms with Crippen LogP contribution >= 0.6 is 11.8 Å². The van der Waals surface area contributed by atoms with Crippen molar-refractivity contribution >= 4 is 11.8 Å². The number of rotatable bonds is 5. The lowest BCUT2D eigenvalue weighted by atomic mass is 9.76. The van der Waals surface area contributed by atoms with Gasteiger partial charge in [-0.25, -0.2) is 4.39 Å². The molecule has 1 aliphatic rings. The minimum absolute atomic E-state index is 0.00475. The van der Waals surface area contributed by atoms with E-state index in [2.05, 4.69) is 5.32 Å². The van der Waals surface area contributed by atoms with Crippen LogP contribution in [-0.2, 0) is 0 Å². The van der Waals surface area contributed by atoms with Gasteiger partial charge < -0.3 is 5.32 Å². The molecule has 0 bridgehead atoms. The Morgan fingerprint density at radius 2 is 1.79 bits per heavy atom. The van der Waals surface area contributed by atoms with Crippen LogP contribution in [0, 0.1) is 5.82 Å². The maximum atomic E-state index is 12.7. The quantitative estimate of drug-likeness (QED) is 0.652. The highest BCUT2D eigenvalue weighted by molar-refractivity contribution is 8.00. The normalized spacial score (nSPS) is 23.2. The van der Waals surface area contributed by atoms with Crippen LogP contribution in [-0.4, -0.2) is 23.8 Å². The third-order valence-electron chi connectivity index (χ3n) is 3.28. The van der Waals surface area contributed by atoms with Crippen LogP contribution in [0.3, 0.4) is 0 Å². The van der Waals surface area contributed by atoms with E-state index in [1.807, 2.05) is 0 Å². The summed E-state index contributed by atoms with van der Waals surface area (Å²) in [7, 11) is 0.